The highest BCUT2D eigenvalue weighted by molar-refractivity contribution is 6.33. The summed E-state index contributed by atoms with van der Waals surface area (Å²) in [7, 11) is 0. The fourth-order valence-corrected chi connectivity index (χ4v) is 2.50. The summed E-state index contributed by atoms with van der Waals surface area (Å²) in [6.07, 6.45) is 0.945. The molecule has 3 rings (SSSR count). The molecule has 0 fully saturated rings. The number of fused-ring (bicyclic) bond motifs is 1. The number of hydrogen-bond donors (Lipinski definition) is 1. The van der Waals surface area contributed by atoms with E-state index in [1.54, 1.807) is 0 Å². The zero-order valence-electron chi connectivity index (χ0n) is 11.1. The quantitative estimate of drug-likeness (QED) is 0.789. The lowest BCUT2D eigenvalue weighted by Crippen LogP contribution is -2.20. The van der Waals surface area contributed by atoms with E-state index in [0.29, 0.717) is 0 Å². The van der Waals surface area contributed by atoms with Crippen LogP contribution in [0.25, 0.3) is 16.8 Å². The second kappa shape index (κ2) is 5.47. The molecule has 0 radical (unpaired) electrons. The van der Waals surface area contributed by atoms with Crippen LogP contribution in [-0.2, 0) is 6.61 Å². The SMILES string of the molecule is O=c1c(-c2cccc(F)c2)c(CO)nc2c(Cl)cc(F)cn12. The maximum Gasteiger partial charge on any atom is 0.266 e. The second-order valence-corrected chi connectivity index (χ2v) is 5.01. The highest BCUT2D eigenvalue weighted by Gasteiger charge is 2.17. The third-order valence-corrected chi connectivity index (χ3v) is 3.46. The molecule has 0 aliphatic carbocycles. The van der Waals surface area contributed by atoms with Gasteiger partial charge in [0, 0.05) is 6.20 Å². The van der Waals surface area contributed by atoms with E-state index in [1.807, 2.05) is 0 Å². The van der Waals surface area contributed by atoms with E-state index in [0.717, 1.165) is 22.7 Å². The fraction of sp³-hybridized carbons (Fsp3) is 0.0667. The summed E-state index contributed by atoms with van der Waals surface area (Å²) in [6, 6.07) is 6.33. The topological polar surface area (TPSA) is 54.6 Å². The van der Waals surface area contributed by atoms with E-state index in [9.17, 15) is 18.7 Å². The Hall–Kier alpha value is -2.31. The summed E-state index contributed by atoms with van der Waals surface area (Å²) in [4.78, 5) is 16.7. The first-order valence-corrected chi connectivity index (χ1v) is 6.66. The first kappa shape index (κ1) is 14.6. The van der Waals surface area contributed by atoms with Gasteiger partial charge in [-0.2, -0.15) is 0 Å². The monoisotopic (exact) mass is 322 g/mol. The van der Waals surface area contributed by atoms with Gasteiger partial charge in [0.2, 0.25) is 0 Å². The normalized spacial score (nSPS) is 11.1. The Bertz CT molecular complexity index is 941. The van der Waals surface area contributed by atoms with E-state index < -0.39 is 23.8 Å². The summed E-state index contributed by atoms with van der Waals surface area (Å²) < 4.78 is 27.8. The standard InChI is InChI=1S/C15H9ClF2N2O2/c16-11-5-10(18)6-20-14(11)19-12(7-21)13(15(20)22)8-2-1-3-9(17)4-8/h1-6,21H,7H2. The number of hydrogen-bond acceptors (Lipinski definition) is 3. The lowest BCUT2D eigenvalue weighted by molar-refractivity contribution is 0.277. The number of aromatic nitrogens is 2. The van der Waals surface area contributed by atoms with Gasteiger partial charge in [0.15, 0.2) is 5.65 Å². The maximum absolute atomic E-state index is 13.5. The Balaban J connectivity index is 2.44. The molecule has 0 spiro atoms. The molecule has 0 unspecified atom stereocenters. The minimum Gasteiger partial charge on any atom is -0.390 e. The van der Waals surface area contributed by atoms with Crippen LogP contribution in [0.15, 0.2) is 41.3 Å². The van der Waals surface area contributed by atoms with Gasteiger partial charge in [-0.15, -0.1) is 0 Å². The van der Waals surface area contributed by atoms with Crippen molar-refractivity contribution in [3.63, 3.8) is 0 Å². The van der Waals surface area contributed by atoms with E-state index >= 15 is 0 Å². The molecule has 1 N–H and O–H groups in total. The van der Waals surface area contributed by atoms with Crippen LogP contribution in [0.1, 0.15) is 5.69 Å². The molecule has 2 aromatic heterocycles. The minimum atomic E-state index is -0.705. The molecular formula is C15H9ClF2N2O2. The van der Waals surface area contributed by atoms with Crippen LogP contribution in [0, 0.1) is 11.6 Å². The highest BCUT2D eigenvalue weighted by atomic mass is 35.5. The van der Waals surface area contributed by atoms with Crippen molar-refractivity contribution >= 4 is 17.2 Å². The van der Waals surface area contributed by atoms with Crippen molar-refractivity contribution in [1.29, 1.82) is 0 Å². The number of aliphatic hydroxyl groups excluding tert-OH is 1. The molecule has 112 valence electrons. The van der Waals surface area contributed by atoms with Gasteiger partial charge in [0.25, 0.3) is 5.56 Å². The average molecular weight is 323 g/mol. The van der Waals surface area contributed by atoms with Crippen LogP contribution in [0.4, 0.5) is 8.78 Å². The highest BCUT2D eigenvalue weighted by Crippen LogP contribution is 2.23. The Morgan fingerprint density at radius 1 is 1.23 bits per heavy atom. The molecule has 1 aromatic carbocycles. The summed E-state index contributed by atoms with van der Waals surface area (Å²) in [5, 5.41) is 9.40. The predicted octanol–water partition coefficient (Wildman–Crippen LogP) is 2.79. The number of pyridine rings is 1. The number of halogens is 3. The summed E-state index contributed by atoms with van der Waals surface area (Å²) in [6.45, 7) is -0.536. The van der Waals surface area contributed by atoms with E-state index in [2.05, 4.69) is 4.98 Å². The molecule has 0 saturated heterocycles. The number of nitrogens with zero attached hydrogens (tertiary/aromatic N) is 2. The first-order chi connectivity index (χ1) is 10.5. The zero-order chi connectivity index (χ0) is 15.9. The summed E-state index contributed by atoms with van der Waals surface area (Å²) in [5.41, 5.74) is -0.320. The van der Waals surface area contributed by atoms with Crippen molar-refractivity contribution in [2.45, 2.75) is 6.61 Å². The van der Waals surface area contributed by atoms with Gasteiger partial charge in [-0.05, 0) is 23.8 Å². The Kier molecular flexibility index (Phi) is 3.64. The molecular weight excluding hydrogens is 314 g/mol. The molecule has 0 aliphatic rings. The molecule has 7 heteroatoms. The molecule has 22 heavy (non-hydrogen) atoms. The van der Waals surface area contributed by atoms with Crippen LogP contribution in [-0.4, -0.2) is 14.5 Å². The van der Waals surface area contributed by atoms with Crippen LogP contribution in [0.5, 0.6) is 0 Å². The van der Waals surface area contributed by atoms with Gasteiger partial charge in [0.1, 0.15) is 11.6 Å². The number of rotatable bonds is 2. The largest absolute Gasteiger partial charge is 0.390 e. The van der Waals surface area contributed by atoms with Crippen LogP contribution in [0.2, 0.25) is 5.02 Å². The van der Waals surface area contributed by atoms with Crippen molar-refractivity contribution < 1.29 is 13.9 Å². The smallest absolute Gasteiger partial charge is 0.266 e. The van der Waals surface area contributed by atoms with Crippen LogP contribution < -0.4 is 5.56 Å². The molecule has 0 amide bonds. The molecule has 4 nitrogen and oxygen atoms in total. The van der Waals surface area contributed by atoms with Crippen molar-refractivity contribution in [3.05, 3.63) is 69.2 Å². The fourth-order valence-electron chi connectivity index (χ4n) is 2.26. The Labute approximate surface area is 128 Å². The summed E-state index contributed by atoms with van der Waals surface area (Å²) in [5.74, 6) is -1.24. The Morgan fingerprint density at radius 2 is 2.00 bits per heavy atom. The van der Waals surface area contributed by atoms with E-state index in [1.165, 1.54) is 18.2 Å². The van der Waals surface area contributed by atoms with Crippen LogP contribution in [0.3, 0.4) is 0 Å². The minimum absolute atomic E-state index is 0.00108. The molecule has 0 bridgehead atoms. The van der Waals surface area contributed by atoms with E-state index in [4.69, 9.17) is 11.6 Å². The predicted molar refractivity (Wildman–Crippen MR) is 77.7 cm³/mol. The lowest BCUT2D eigenvalue weighted by atomic mass is 10.1. The van der Waals surface area contributed by atoms with Gasteiger partial charge in [0.05, 0.1) is 22.9 Å². The van der Waals surface area contributed by atoms with Crippen molar-refractivity contribution in [2.24, 2.45) is 0 Å². The maximum atomic E-state index is 13.5. The van der Waals surface area contributed by atoms with Gasteiger partial charge in [-0.25, -0.2) is 13.8 Å². The molecule has 2 heterocycles. The average Bonchev–Trinajstić information content (AvgIpc) is 2.47. The number of benzene rings is 1. The van der Waals surface area contributed by atoms with E-state index in [-0.39, 0.29) is 27.5 Å². The summed E-state index contributed by atoms with van der Waals surface area (Å²) >= 11 is 5.88. The van der Waals surface area contributed by atoms with Crippen molar-refractivity contribution in [3.8, 4) is 11.1 Å². The number of aliphatic hydroxyl groups is 1. The molecule has 3 aromatic rings. The zero-order valence-corrected chi connectivity index (χ0v) is 11.8. The molecule has 0 aliphatic heterocycles. The third kappa shape index (κ3) is 2.36. The van der Waals surface area contributed by atoms with Crippen molar-refractivity contribution in [1.82, 2.24) is 9.38 Å². The van der Waals surface area contributed by atoms with Crippen molar-refractivity contribution in [2.75, 3.05) is 0 Å². The van der Waals surface area contributed by atoms with Gasteiger partial charge >= 0.3 is 0 Å². The second-order valence-electron chi connectivity index (χ2n) is 4.61. The Morgan fingerprint density at radius 3 is 2.68 bits per heavy atom. The van der Waals surface area contributed by atoms with Gasteiger partial charge < -0.3 is 5.11 Å². The van der Waals surface area contributed by atoms with Gasteiger partial charge in [-0.3, -0.25) is 9.20 Å². The third-order valence-electron chi connectivity index (χ3n) is 3.18. The first-order valence-electron chi connectivity index (χ1n) is 6.28. The van der Waals surface area contributed by atoms with Crippen LogP contribution >= 0.6 is 11.6 Å². The van der Waals surface area contributed by atoms with Gasteiger partial charge in [-0.1, -0.05) is 23.7 Å². The lowest BCUT2D eigenvalue weighted by Gasteiger charge is -2.10. The molecule has 0 atom stereocenters. The molecule has 0 saturated carbocycles.